The summed E-state index contributed by atoms with van der Waals surface area (Å²) in [6.07, 6.45) is 8.00. The Morgan fingerprint density at radius 3 is 2.59 bits per heavy atom. The van der Waals surface area contributed by atoms with Gasteiger partial charge in [-0.2, -0.15) is 0 Å². The molecule has 1 amide bonds. The fraction of sp³-hybridized carbons (Fsp3) is 0.667. The third-order valence-corrected chi connectivity index (χ3v) is 4.75. The van der Waals surface area contributed by atoms with Crippen molar-refractivity contribution in [1.29, 1.82) is 0 Å². The third-order valence-electron chi connectivity index (χ3n) is 4.75. The van der Waals surface area contributed by atoms with Crippen LogP contribution in [0.25, 0.3) is 0 Å². The minimum absolute atomic E-state index is 0.00400. The molecular formula is C15H21N3O4. The molecule has 2 saturated heterocycles. The third kappa shape index (κ3) is 2.61. The molecule has 22 heavy (non-hydrogen) atoms. The van der Waals surface area contributed by atoms with Crippen molar-refractivity contribution < 1.29 is 19.4 Å². The van der Waals surface area contributed by atoms with Crippen molar-refractivity contribution in [3.63, 3.8) is 0 Å². The Kier molecular flexibility index (Phi) is 4.15. The van der Waals surface area contributed by atoms with Crippen LogP contribution < -0.4 is 0 Å². The van der Waals surface area contributed by atoms with Gasteiger partial charge in [0.05, 0.1) is 6.33 Å². The van der Waals surface area contributed by atoms with E-state index in [0.29, 0.717) is 32.5 Å². The highest BCUT2D eigenvalue weighted by Crippen LogP contribution is 2.31. The largest absolute Gasteiger partial charge is 0.479 e. The SMILES string of the molecule is O=C(C1CCCCO1)N1CCC(C(=O)O)(n2ccnc2)CC1. The Morgan fingerprint density at radius 1 is 1.27 bits per heavy atom. The number of carbonyl (C=O) groups excluding carboxylic acids is 1. The number of hydrogen-bond acceptors (Lipinski definition) is 4. The average Bonchev–Trinajstić information content (AvgIpc) is 3.10. The molecule has 7 nitrogen and oxygen atoms in total. The zero-order chi connectivity index (χ0) is 15.6. The van der Waals surface area contributed by atoms with E-state index in [1.807, 2.05) is 0 Å². The number of ether oxygens (including phenoxy) is 1. The second kappa shape index (κ2) is 6.08. The van der Waals surface area contributed by atoms with Gasteiger partial charge in [-0.05, 0) is 32.1 Å². The molecule has 1 aromatic rings. The predicted octanol–water partition coefficient (Wildman–Crippen LogP) is 0.854. The van der Waals surface area contributed by atoms with Crippen molar-refractivity contribution in [2.24, 2.45) is 0 Å². The predicted molar refractivity (Wildman–Crippen MR) is 77.2 cm³/mol. The zero-order valence-corrected chi connectivity index (χ0v) is 12.5. The molecule has 1 unspecified atom stereocenters. The summed E-state index contributed by atoms with van der Waals surface area (Å²) < 4.78 is 7.19. The smallest absolute Gasteiger partial charge is 0.330 e. The van der Waals surface area contributed by atoms with E-state index in [4.69, 9.17) is 4.74 Å². The van der Waals surface area contributed by atoms with Crippen LogP contribution >= 0.6 is 0 Å². The van der Waals surface area contributed by atoms with Crippen LogP contribution in [0.2, 0.25) is 0 Å². The van der Waals surface area contributed by atoms with Crippen LogP contribution in [-0.4, -0.2) is 57.2 Å². The first-order valence-electron chi connectivity index (χ1n) is 7.76. The van der Waals surface area contributed by atoms with Gasteiger partial charge in [0.25, 0.3) is 5.91 Å². The maximum absolute atomic E-state index is 12.5. The molecule has 2 fully saturated rings. The molecule has 0 bridgehead atoms. The second-order valence-electron chi connectivity index (χ2n) is 5.99. The van der Waals surface area contributed by atoms with Crippen LogP contribution in [0.3, 0.4) is 0 Å². The van der Waals surface area contributed by atoms with E-state index >= 15 is 0 Å². The number of hydrogen-bond donors (Lipinski definition) is 1. The first-order valence-corrected chi connectivity index (χ1v) is 7.76. The number of carboxylic acid groups (broad SMARTS) is 1. The summed E-state index contributed by atoms with van der Waals surface area (Å²) in [4.78, 5) is 29.9. The van der Waals surface area contributed by atoms with Gasteiger partial charge in [0.2, 0.25) is 0 Å². The summed E-state index contributed by atoms with van der Waals surface area (Å²) in [6, 6.07) is 0. The molecule has 120 valence electrons. The highest BCUT2D eigenvalue weighted by Gasteiger charge is 2.44. The lowest BCUT2D eigenvalue weighted by Crippen LogP contribution is -2.54. The van der Waals surface area contributed by atoms with Crippen molar-refractivity contribution in [3.05, 3.63) is 18.7 Å². The molecule has 3 heterocycles. The summed E-state index contributed by atoms with van der Waals surface area (Å²) in [5.41, 5.74) is -0.999. The molecule has 2 aliphatic rings. The van der Waals surface area contributed by atoms with Gasteiger partial charge in [0.15, 0.2) is 0 Å². The topological polar surface area (TPSA) is 84.7 Å². The van der Waals surface area contributed by atoms with E-state index in [-0.39, 0.29) is 12.0 Å². The number of likely N-dealkylation sites (tertiary alicyclic amines) is 1. The van der Waals surface area contributed by atoms with Crippen LogP contribution in [0, 0.1) is 0 Å². The molecule has 1 atom stereocenters. The number of piperidine rings is 1. The molecule has 2 aliphatic heterocycles. The average molecular weight is 307 g/mol. The first kappa shape index (κ1) is 15.0. The summed E-state index contributed by atoms with van der Waals surface area (Å²) >= 11 is 0. The second-order valence-corrected chi connectivity index (χ2v) is 5.99. The van der Waals surface area contributed by atoms with Crippen LogP contribution in [-0.2, 0) is 19.9 Å². The Labute approximate surface area is 128 Å². The van der Waals surface area contributed by atoms with Crippen molar-refractivity contribution in [2.45, 2.75) is 43.7 Å². The van der Waals surface area contributed by atoms with E-state index in [2.05, 4.69) is 4.98 Å². The number of aliphatic carboxylic acids is 1. The molecular weight excluding hydrogens is 286 g/mol. The van der Waals surface area contributed by atoms with Gasteiger partial charge >= 0.3 is 5.97 Å². The molecule has 7 heteroatoms. The fourth-order valence-corrected chi connectivity index (χ4v) is 3.33. The number of carbonyl (C=O) groups is 2. The van der Waals surface area contributed by atoms with Gasteiger partial charge < -0.3 is 19.3 Å². The van der Waals surface area contributed by atoms with E-state index in [9.17, 15) is 14.7 Å². The van der Waals surface area contributed by atoms with Crippen LogP contribution in [0.1, 0.15) is 32.1 Å². The highest BCUT2D eigenvalue weighted by atomic mass is 16.5. The van der Waals surface area contributed by atoms with Crippen molar-refractivity contribution in [1.82, 2.24) is 14.5 Å². The lowest BCUT2D eigenvalue weighted by atomic mass is 9.87. The Hall–Kier alpha value is -1.89. The lowest BCUT2D eigenvalue weighted by Gasteiger charge is -2.40. The number of imidazole rings is 1. The lowest BCUT2D eigenvalue weighted by molar-refractivity contribution is -0.156. The van der Waals surface area contributed by atoms with Crippen molar-refractivity contribution in [3.8, 4) is 0 Å². The Morgan fingerprint density at radius 2 is 2.05 bits per heavy atom. The highest BCUT2D eigenvalue weighted by molar-refractivity contribution is 5.82. The normalized spacial score (nSPS) is 24.9. The van der Waals surface area contributed by atoms with Gasteiger partial charge in [-0.3, -0.25) is 4.79 Å². The Bertz CT molecular complexity index is 529. The quantitative estimate of drug-likeness (QED) is 0.895. The number of amides is 1. The van der Waals surface area contributed by atoms with Crippen molar-refractivity contribution in [2.75, 3.05) is 19.7 Å². The fourth-order valence-electron chi connectivity index (χ4n) is 3.33. The van der Waals surface area contributed by atoms with Crippen LogP contribution in [0.5, 0.6) is 0 Å². The molecule has 0 aliphatic carbocycles. The number of aromatic nitrogens is 2. The molecule has 0 saturated carbocycles. The monoisotopic (exact) mass is 307 g/mol. The van der Waals surface area contributed by atoms with Crippen molar-refractivity contribution >= 4 is 11.9 Å². The van der Waals surface area contributed by atoms with Gasteiger partial charge in [-0.15, -0.1) is 0 Å². The van der Waals surface area contributed by atoms with Gasteiger partial charge in [-0.25, -0.2) is 9.78 Å². The van der Waals surface area contributed by atoms with Gasteiger partial charge in [0.1, 0.15) is 11.6 Å². The molecule has 0 spiro atoms. The zero-order valence-electron chi connectivity index (χ0n) is 12.5. The van der Waals surface area contributed by atoms with Gasteiger partial charge in [-0.1, -0.05) is 0 Å². The molecule has 0 radical (unpaired) electrons. The summed E-state index contributed by atoms with van der Waals surface area (Å²) in [6.45, 7) is 1.50. The first-order chi connectivity index (χ1) is 10.6. The molecule has 3 rings (SSSR count). The Balaban J connectivity index is 1.68. The molecule has 1 N–H and O–H groups in total. The summed E-state index contributed by atoms with van der Waals surface area (Å²) in [5, 5.41) is 9.66. The van der Waals surface area contributed by atoms with Crippen LogP contribution in [0.15, 0.2) is 18.7 Å². The number of carboxylic acids is 1. The van der Waals surface area contributed by atoms with Crippen LogP contribution in [0.4, 0.5) is 0 Å². The summed E-state index contributed by atoms with van der Waals surface area (Å²) in [7, 11) is 0. The minimum Gasteiger partial charge on any atom is -0.479 e. The number of rotatable bonds is 3. The maximum Gasteiger partial charge on any atom is 0.330 e. The standard InChI is InChI=1S/C15H21N3O4/c19-13(12-3-1-2-10-22-12)17-7-4-15(5-8-17,14(20)21)18-9-6-16-11-18/h6,9,11-12H,1-5,7-8,10H2,(H,20,21). The van der Waals surface area contributed by atoms with E-state index in [1.165, 1.54) is 6.33 Å². The minimum atomic E-state index is -0.999. The summed E-state index contributed by atoms with van der Waals surface area (Å²) in [5.74, 6) is -0.865. The number of nitrogens with zero attached hydrogens (tertiary/aromatic N) is 3. The van der Waals surface area contributed by atoms with E-state index in [0.717, 1.165) is 19.3 Å². The maximum atomic E-state index is 12.5. The molecule has 1 aromatic heterocycles. The van der Waals surface area contributed by atoms with E-state index < -0.39 is 11.5 Å². The van der Waals surface area contributed by atoms with Gasteiger partial charge in [0, 0.05) is 32.1 Å². The van der Waals surface area contributed by atoms with E-state index in [1.54, 1.807) is 21.9 Å². The molecule has 0 aromatic carbocycles.